The van der Waals surface area contributed by atoms with Crippen molar-refractivity contribution in [3.63, 3.8) is 0 Å². The van der Waals surface area contributed by atoms with E-state index in [0.29, 0.717) is 6.54 Å². The van der Waals surface area contributed by atoms with Gasteiger partial charge in [-0.25, -0.2) is 0 Å². The Morgan fingerprint density at radius 3 is 2.85 bits per heavy atom. The number of halogens is 1. The van der Waals surface area contributed by atoms with E-state index in [1.54, 1.807) is 4.90 Å². The van der Waals surface area contributed by atoms with Crippen molar-refractivity contribution in [3.8, 4) is 0 Å². The first-order chi connectivity index (χ1) is 6.18. The third-order valence-corrected chi connectivity index (χ3v) is 2.75. The first kappa shape index (κ1) is 8.96. The van der Waals surface area contributed by atoms with E-state index in [0.717, 1.165) is 9.26 Å². The van der Waals surface area contributed by atoms with Gasteiger partial charge in [0.2, 0.25) is 5.91 Å². The number of carbonyl (C=O) groups is 1. The fourth-order valence-corrected chi connectivity index (χ4v) is 1.86. The van der Waals surface area contributed by atoms with Gasteiger partial charge < -0.3 is 10.6 Å². The zero-order chi connectivity index (χ0) is 9.42. The summed E-state index contributed by atoms with van der Waals surface area (Å²) in [5.74, 6) is 0.0157. The molecule has 1 aliphatic heterocycles. The summed E-state index contributed by atoms with van der Waals surface area (Å²) < 4.78 is 1.13. The van der Waals surface area contributed by atoms with Gasteiger partial charge in [0, 0.05) is 9.26 Å². The average molecular weight is 288 g/mol. The Balaban J connectivity index is 2.23. The van der Waals surface area contributed by atoms with Gasteiger partial charge in [-0.1, -0.05) is 6.07 Å². The first-order valence-corrected chi connectivity index (χ1v) is 5.09. The van der Waals surface area contributed by atoms with Gasteiger partial charge in [0.15, 0.2) is 0 Å². The molecular formula is C9H9IN2O. The van der Waals surface area contributed by atoms with Crippen molar-refractivity contribution >= 4 is 34.2 Å². The molecule has 1 atom stereocenters. The molecule has 13 heavy (non-hydrogen) atoms. The van der Waals surface area contributed by atoms with Crippen molar-refractivity contribution in [2.45, 2.75) is 6.04 Å². The lowest BCUT2D eigenvalue weighted by atomic mass is 10.1. The molecule has 1 aromatic carbocycles. The van der Waals surface area contributed by atoms with Crippen LogP contribution in [0.4, 0.5) is 5.69 Å². The maximum atomic E-state index is 11.3. The molecule has 4 heteroatoms. The van der Waals surface area contributed by atoms with Crippen LogP contribution in [0.15, 0.2) is 24.3 Å². The fourth-order valence-electron chi connectivity index (χ4n) is 1.33. The smallest absolute Gasteiger partial charge is 0.245 e. The minimum absolute atomic E-state index is 0.0157. The van der Waals surface area contributed by atoms with Crippen molar-refractivity contribution in [1.29, 1.82) is 0 Å². The normalized spacial score (nSPS) is 21.5. The van der Waals surface area contributed by atoms with Gasteiger partial charge in [-0.2, -0.15) is 0 Å². The van der Waals surface area contributed by atoms with Crippen LogP contribution in [-0.4, -0.2) is 18.5 Å². The quantitative estimate of drug-likeness (QED) is 0.618. The van der Waals surface area contributed by atoms with Crippen LogP contribution in [0.25, 0.3) is 0 Å². The highest BCUT2D eigenvalue weighted by Gasteiger charge is 2.34. The predicted molar refractivity (Wildman–Crippen MR) is 59.5 cm³/mol. The van der Waals surface area contributed by atoms with Crippen molar-refractivity contribution in [1.82, 2.24) is 0 Å². The van der Waals surface area contributed by atoms with E-state index in [-0.39, 0.29) is 11.9 Å². The largest absolute Gasteiger partial charge is 0.318 e. The lowest BCUT2D eigenvalue weighted by Crippen LogP contribution is -2.61. The highest BCUT2D eigenvalue weighted by atomic mass is 127. The molecule has 0 saturated carbocycles. The molecule has 0 spiro atoms. The van der Waals surface area contributed by atoms with Gasteiger partial charge in [0.05, 0.1) is 6.54 Å². The summed E-state index contributed by atoms with van der Waals surface area (Å²) in [6.07, 6.45) is 0. The number of amides is 1. The third kappa shape index (κ3) is 1.55. The summed E-state index contributed by atoms with van der Waals surface area (Å²) in [5, 5.41) is 0. The number of anilines is 1. The SMILES string of the molecule is NC1CN(c2cccc(I)c2)C1=O. The van der Waals surface area contributed by atoms with Crippen molar-refractivity contribution in [2.75, 3.05) is 11.4 Å². The number of hydrogen-bond donors (Lipinski definition) is 1. The van der Waals surface area contributed by atoms with Gasteiger partial charge in [0.1, 0.15) is 6.04 Å². The number of nitrogens with zero attached hydrogens (tertiary/aromatic N) is 1. The number of rotatable bonds is 1. The Morgan fingerprint density at radius 1 is 1.54 bits per heavy atom. The van der Waals surface area contributed by atoms with Crippen LogP contribution < -0.4 is 10.6 Å². The van der Waals surface area contributed by atoms with E-state index in [1.807, 2.05) is 24.3 Å². The van der Waals surface area contributed by atoms with Crippen LogP contribution in [0.5, 0.6) is 0 Å². The van der Waals surface area contributed by atoms with Crippen LogP contribution in [0.3, 0.4) is 0 Å². The molecule has 3 nitrogen and oxygen atoms in total. The van der Waals surface area contributed by atoms with Crippen molar-refractivity contribution in [3.05, 3.63) is 27.8 Å². The van der Waals surface area contributed by atoms with Crippen LogP contribution >= 0.6 is 22.6 Å². The number of carbonyl (C=O) groups excluding carboxylic acids is 1. The Labute approximate surface area is 90.0 Å². The van der Waals surface area contributed by atoms with Crippen molar-refractivity contribution in [2.24, 2.45) is 5.73 Å². The van der Waals surface area contributed by atoms with Crippen LogP contribution in [0, 0.1) is 3.57 Å². The molecule has 1 heterocycles. The standard InChI is InChI=1S/C9H9IN2O/c10-6-2-1-3-7(4-6)12-5-8(11)9(12)13/h1-4,8H,5,11H2. The molecule has 0 aromatic heterocycles. The molecule has 2 rings (SSSR count). The summed E-state index contributed by atoms with van der Waals surface area (Å²) in [7, 11) is 0. The predicted octanol–water partition coefficient (Wildman–Crippen LogP) is 0.965. The fraction of sp³-hybridized carbons (Fsp3) is 0.222. The highest BCUT2D eigenvalue weighted by Crippen LogP contribution is 2.22. The highest BCUT2D eigenvalue weighted by molar-refractivity contribution is 14.1. The number of benzene rings is 1. The average Bonchev–Trinajstić information content (AvgIpc) is 2.13. The Bertz CT molecular complexity index is 353. The van der Waals surface area contributed by atoms with E-state index >= 15 is 0 Å². The number of hydrogen-bond acceptors (Lipinski definition) is 2. The van der Waals surface area contributed by atoms with Crippen LogP contribution in [0.1, 0.15) is 0 Å². The zero-order valence-corrected chi connectivity index (χ0v) is 9.06. The lowest BCUT2D eigenvalue weighted by molar-refractivity contribution is -0.123. The molecule has 1 fully saturated rings. The van der Waals surface area contributed by atoms with Crippen LogP contribution in [0.2, 0.25) is 0 Å². The van der Waals surface area contributed by atoms with Crippen molar-refractivity contribution < 1.29 is 4.79 Å². The molecule has 0 radical (unpaired) electrons. The maximum Gasteiger partial charge on any atom is 0.245 e. The van der Waals surface area contributed by atoms with E-state index in [9.17, 15) is 4.79 Å². The molecule has 1 aliphatic rings. The minimum Gasteiger partial charge on any atom is -0.318 e. The van der Waals surface area contributed by atoms with Gasteiger partial charge in [-0.05, 0) is 40.8 Å². The number of β-lactam (4-membered cyclic amide) rings is 1. The Morgan fingerprint density at radius 2 is 2.31 bits per heavy atom. The molecule has 68 valence electrons. The molecular weight excluding hydrogens is 279 g/mol. The topological polar surface area (TPSA) is 46.3 Å². The zero-order valence-electron chi connectivity index (χ0n) is 6.90. The molecule has 0 bridgehead atoms. The summed E-state index contributed by atoms with van der Waals surface area (Å²) in [6, 6.07) is 7.54. The summed E-state index contributed by atoms with van der Waals surface area (Å²) >= 11 is 2.22. The Hall–Kier alpha value is -0.620. The monoisotopic (exact) mass is 288 g/mol. The first-order valence-electron chi connectivity index (χ1n) is 4.01. The number of nitrogens with two attached hydrogens (primary N) is 1. The second-order valence-electron chi connectivity index (χ2n) is 3.04. The summed E-state index contributed by atoms with van der Waals surface area (Å²) in [6.45, 7) is 0.638. The van der Waals surface area contributed by atoms with Gasteiger partial charge >= 0.3 is 0 Å². The molecule has 1 amide bonds. The minimum atomic E-state index is -0.294. The molecule has 0 aliphatic carbocycles. The second kappa shape index (κ2) is 3.26. The maximum absolute atomic E-state index is 11.3. The third-order valence-electron chi connectivity index (χ3n) is 2.08. The lowest BCUT2D eigenvalue weighted by Gasteiger charge is -2.36. The van der Waals surface area contributed by atoms with E-state index < -0.39 is 0 Å². The Kier molecular flexibility index (Phi) is 2.25. The summed E-state index contributed by atoms with van der Waals surface area (Å²) in [5.41, 5.74) is 6.44. The van der Waals surface area contributed by atoms with Gasteiger partial charge in [-0.15, -0.1) is 0 Å². The molecule has 1 aromatic rings. The van der Waals surface area contributed by atoms with E-state index in [4.69, 9.17) is 5.73 Å². The van der Waals surface area contributed by atoms with Gasteiger partial charge in [0.25, 0.3) is 0 Å². The molecule has 1 saturated heterocycles. The molecule has 1 unspecified atom stereocenters. The van der Waals surface area contributed by atoms with Gasteiger partial charge in [-0.3, -0.25) is 4.79 Å². The molecule has 2 N–H and O–H groups in total. The second-order valence-corrected chi connectivity index (χ2v) is 4.28. The summed E-state index contributed by atoms with van der Waals surface area (Å²) in [4.78, 5) is 13.0. The van der Waals surface area contributed by atoms with Crippen LogP contribution in [-0.2, 0) is 4.79 Å². The van der Waals surface area contributed by atoms with E-state index in [2.05, 4.69) is 22.6 Å². The van der Waals surface area contributed by atoms with E-state index in [1.165, 1.54) is 0 Å².